The van der Waals surface area contributed by atoms with E-state index >= 15 is 0 Å². The molecule has 42 heavy (non-hydrogen) atoms. The highest BCUT2D eigenvalue weighted by Crippen LogP contribution is 2.58. The molecule has 234 valence electrons. The lowest BCUT2D eigenvalue weighted by Gasteiger charge is -2.60. The van der Waals surface area contributed by atoms with Crippen LogP contribution in [-0.4, -0.2) is 87.7 Å². The van der Waals surface area contributed by atoms with Crippen LogP contribution in [0.25, 0.3) is 0 Å². The number of halogens is 1. The number of fused-ring (bicyclic) bond motifs is 2. The number of allylic oxidation sites excluding steroid dienone is 2. The van der Waals surface area contributed by atoms with Gasteiger partial charge < -0.3 is 33.9 Å². The predicted molar refractivity (Wildman–Crippen MR) is 146 cm³/mol. The van der Waals surface area contributed by atoms with Crippen LogP contribution in [0.2, 0.25) is 0 Å². The van der Waals surface area contributed by atoms with E-state index in [4.69, 9.17) is 35.3 Å². The van der Waals surface area contributed by atoms with Crippen LogP contribution in [0.5, 0.6) is 0 Å². The summed E-state index contributed by atoms with van der Waals surface area (Å²) in [5.41, 5.74) is -5.76. The highest BCUT2D eigenvalue weighted by molar-refractivity contribution is 6.19. The Balaban J connectivity index is 2.49. The Bertz CT molecular complexity index is 1180. The van der Waals surface area contributed by atoms with Crippen molar-refractivity contribution in [1.82, 2.24) is 0 Å². The Labute approximate surface area is 249 Å². The van der Waals surface area contributed by atoms with Crippen molar-refractivity contribution in [1.29, 1.82) is 0 Å². The van der Waals surface area contributed by atoms with Gasteiger partial charge in [0.15, 0.2) is 11.7 Å². The number of carbonyl (C=O) groups is 5. The summed E-state index contributed by atoms with van der Waals surface area (Å²) in [7, 11) is 0. The van der Waals surface area contributed by atoms with Crippen molar-refractivity contribution in [2.45, 2.75) is 103 Å². The third kappa shape index (κ3) is 5.93. The number of esters is 5. The Morgan fingerprint density at radius 1 is 1.00 bits per heavy atom. The van der Waals surface area contributed by atoms with E-state index in [1.807, 2.05) is 0 Å². The van der Waals surface area contributed by atoms with Gasteiger partial charge in [0.2, 0.25) is 0 Å². The molecule has 1 saturated carbocycles. The van der Waals surface area contributed by atoms with Gasteiger partial charge in [-0.3, -0.25) is 24.0 Å². The van der Waals surface area contributed by atoms with Crippen LogP contribution >= 0.6 is 11.6 Å². The molecular formula is C29H39ClO12. The van der Waals surface area contributed by atoms with Crippen LogP contribution in [0.1, 0.15) is 61.3 Å². The summed E-state index contributed by atoms with van der Waals surface area (Å²) >= 11 is 6.19. The predicted octanol–water partition coefficient (Wildman–Crippen LogP) is 1.91. The fraction of sp³-hybridized carbons (Fsp3) is 0.690. The first-order valence-electron chi connectivity index (χ1n) is 13.8. The first-order chi connectivity index (χ1) is 19.4. The molecule has 0 spiro atoms. The standard InChI is InChI=1S/C29H39ClO12/c1-8-23(34)41-21-12-20(39-16(4)32)27(6)19(38-15(3)31)10-9-18(13-30)11-22-29(37,14(2)26(35)42-22)25(40-17(5)33)24(27)28(21,7)36/h9-11,14,19-22,24-25,36-37H,8,12-13H2,1-7H3/b10-9-,18-11+/t14-,19+,20-,21+,22-,24+,25-,27-,28+,29-/m0/s1. The van der Waals surface area contributed by atoms with E-state index in [0.29, 0.717) is 5.57 Å². The Kier molecular flexibility index (Phi) is 9.85. The molecule has 13 heteroatoms. The molecule has 3 aliphatic rings. The maximum absolute atomic E-state index is 13.0. The molecule has 1 saturated heterocycles. The van der Waals surface area contributed by atoms with Gasteiger partial charge in [0.25, 0.3) is 0 Å². The lowest BCUT2D eigenvalue weighted by atomic mass is 9.51. The number of aliphatic hydroxyl groups is 2. The normalized spacial score (nSPS) is 41.5. The second-order valence-electron chi connectivity index (χ2n) is 11.5. The summed E-state index contributed by atoms with van der Waals surface area (Å²) in [6, 6.07) is 0. The van der Waals surface area contributed by atoms with Crippen LogP contribution in [-0.2, 0) is 47.7 Å². The zero-order chi connectivity index (χ0) is 31.8. The topological polar surface area (TPSA) is 172 Å². The van der Waals surface area contributed by atoms with E-state index in [9.17, 15) is 34.2 Å². The van der Waals surface area contributed by atoms with E-state index in [-0.39, 0.29) is 18.7 Å². The molecule has 0 radical (unpaired) electrons. The van der Waals surface area contributed by atoms with Crippen LogP contribution < -0.4 is 0 Å². The lowest BCUT2D eigenvalue weighted by molar-refractivity contribution is -0.286. The number of carbonyl (C=O) groups excluding carboxylic acids is 5. The molecule has 0 amide bonds. The molecule has 1 aliphatic heterocycles. The molecule has 0 aromatic rings. The van der Waals surface area contributed by atoms with Crippen molar-refractivity contribution in [2.75, 3.05) is 5.88 Å². The average Bonchev–Trinajstić information content (AvgIpc) is 3.10. The number of alkyl halides is 1. The van der Waals surface area contributed by atoms with Crippen LogP contribution in [0.15, 0.2) is 23.8 Å². The van der Waals surface area contributed by atoms with Crippen molar-refractivity contribution in [3.05, 3.63) is 23.8 Å². The van der Waals surface area contributed by atoms with Gasteiger partial charge in [0, 0.05) is 45.4 Å². The molecule has 0 aromatic heterocycles. The zero-order valence-corrected chi connectivity index (χ0v) is 25.5. The monoisotopic (exact) mass is 614 g/mol. The smallest absolute Gasteiger partial charge is 0.312 e. The zero-order valence-electron chi connectivity index (χ0n) is 24.7. The Morgan fingerprint density at radius 2 is 1.60 bits per heavy atom. The minimum absolute atomic E-state index is 0.0453. The van der Waals surface area contributed by atoms with Gasteiger partial charge >= 0.3 is 29.8 Å². The van der Waals surface area contributed by atoms with Gasteiger partial charge in [-0.2, -0.15) is 0 Å². The number of hydrogen-bond acceptors (Lipinski definition) is 12. The van der Waals surface area contributed by atoms with Crippen molar-refractivity contribution >= 4 is 41.4 Å². The maximum atomic E-state index is 13.0. The second-order valence-corrected chi connectivity index (χ2v) is 11.8. The minimum atomic E-state index is -2.32. The molecule has 0 aromatic carbocycles. The van der Waals surface area contributed by atoms with E-state index in [1.54, 1.807) is 13.8 Å². The quantitative estimate of drug-likeness (QED) is 0.253. The third-order valence-electron chi connectivity index (χ3n) is 8.65. The van der Waals surface area contributed by atoms with Crippen molar-refractivity contribution in [2.24, 2.45) is 17.3 Å². The van der Waals surface area contributed by atoms with Gasteiger partial charge in [-0.15, -0.1) is 11.6 Å². The molecule has 2 N–H and O–H groups in total. The molecule has 12 nitrogen and oxygen atoms in total. The summed E-state index contributed by atoms with van der Waals surface area (Å²) in [5, 5.41) is 24.8. The fourth-order valence-corrected chi connectivity index (χ4v) is 6.72. The second kappa shape index (κ2) is 12.3. The molecule has 1 heterocycles. The van der Waals surface area contributed by atoms with Gasteiger partial charge in [-0.25, -0.2) is 0 Å². The highest BCUT2D eigenvalue weighted by atomic mass is 35.5. The van der Waals surface area contributed by atoms with Crippen LogP contribution in [0, 0.1) is 17.3 Å². The number of hydrogen-bond donors (Lipinski definition) is 2. The van der Waals surface area contributed by atoms with Gasteiger partial charge in [-0.05, 0) is 31.6 Å². The van der Waals surface area contributed by atoms with Crippen LogP contribution in [0.3, 0.4) is 0 Å². The van der Waals surface area contributed by atoms with E-state index in [1.165, 1.54) is 32.1 Å². The molecular weight excluding hydrogens is 576 g/mol. The summed E-state index contributed by atoms with van der Waals surface area (Å²) in [6.45, 7) is 9.19. The minimum Gasteiger partial charge on any atom is -0.462 e. The Morgan fingerprint density at radius 3 is 2.12 bits per heavy atom. The van der Waals surface area contributed by atoms with Crippen molar-refractivity contribution in [3.63, 3.8) is 0 Å². The molecule has 10 atom stereocenters. The number of ether oxygens (including phenoxy) is 5. The molecule has 0 bridgehead atoms. The third-order valence-corrected chi connectivity index (χ3v) is 8.96. The van der Waals surface area contributed by atoms with E-state index < -0.39 is 88.8 Å². The van der Waals surface area contributed by atoms with E-state index in [0.717, 1.165) is 20.8 Å². The molecule has 2 aliphatic carbocycles. The molecule has 0 unspecified atom stereocenters. The summed E-state index contributed by atoms with van der Waals surface area (Å²) in [5.74, 6) is -6.76. The van der Waals surface area contributed by atoms with Gasteiger partial charge in [-0.1, -0.05) is 19.9 Å². The maximum Gasteiger partial charge on any atom is 0.312 e. The summed E-state index contributed by atoms with van der Waals surface area (Å²) in [6.07, 6.45) is -2.94. The highest BCUT2D eigenvalue weighted by Gasteiger charge is 2.72. The number of rotatable bonds is 6. The van der Waals surface area contributed by atoms with Crippen molar-refractivity contribution < 1.29 is 57.9 Å². The average molecular weight is 615 g/mol. The van der Waals surface area contributed by atoms with Gasteiger partial charge in [0.1, 0.15) is 30.0 Å². The summed E-state index contributed by atoms with van der Waals surface area (Å²) < 4.78 is 28.5. The van der Waals surface area contributed by atoms with Crippen molar-refractivity contribution in [3.8, 4) is 0 Å². The van der Waals surface area contributed by atoms with Gasteiger partial charge in [0.05, 0.1) is 11.3 Å². The van der Waals surface area contributed by atoms with E-state index in [2.05, 4.69) is 0 Å². The molecule has 3 rings (SSSR count). The molecule has 2 fully saturated rings. The first kappa shape index (κ1) is 33.5. The fourth-order valence-electron chi connectivity index (χ4n) is 6.54. The largest absolute Gasteiger partial charge is 0.462 e. The summed E-state index contributed by atoms with van der Waals surface area (Å²) in [4.78, 5) is 63.0. The first-order valence-corrected chi connectivity index (χ1v) is 14.3. The Hall–Kier alpha value is -2.96. The lowest BCUT2D eigenvalue weighted by Crippen LogP contribution is -2.74. The SMILES string of the molecule is CCC(=O)O[C@@H]1C[C@H](OC(C)=O)[C@]2(C)[C@H](OC(C)=O)/C=C\C(CCl)=C/[C@@H]3OC(=O)[C@H](C)[C@@]3(O)[C@@H](OC(C)=O)[C@H]2[C@]1(C)O. The van der Waals surface area contributed by atoms with Crippen LogP contribution in [0.4, 0.5) is 0 Å².